The quantitative estimate of drug-likeness (QED) is 0.833. The van der Waals surface area contributed by atoms with Gasteiger partial charge in [-0.3, -0.25) is 4.79 Å². The van der Waals surface area contributed by atoms with Crippen molar-refractivity contribution >= 4 is 15.8 Å². The van der Waals surface area contributed by atoms with Crippen LogP contribution in [0.4, 0.5) is 4.39 Å². The third kappa shape index (κ3) is 6.40. The first-order chi connectivity index (χ1) is 11.7. The van der Waals surface area contributed by atoms with Crippen LogP contribution in [-0.4, -0.2) is 25.7 Å². The summed E-state index contributed by atoms with van der Waals surface area (Å²) in [5.74, 6) is 4.18. The van der Waals surface area contributed by atoms with E-state index >= 15 is 0 Å². The van der Waals surface area contributed by atoms with Gasteiger partial charge in [0.05, 0.1) is 5.75 Å². The highest BCUT2D eigenvalue weighted by Gasteiger charge is 2.06. The molecule has 0 saturated carbocycles. The molecule has 4 nitrogen and oxygen atoms in total. The zero-order valence-electron chi connectivity index (χ0n) is 13.6. The molecule has 2 aromatic rings. The Morgan fingerprint density at radius 1 is 1.12 bits per heavy atom. The molecule has 0 unspecified atom stereocenters. The number of aliphatic carboxylic acids is 1. The van der Waals surface area contributed by atoms with Crippen molar-refractivity contribution in [1.29, 1.82) is 0 Å². The van der Waals surface area contributed by atoms with Crippen molar-refractivity contribution < 1.29 is 22.7 Å². The summed E-state index contributed by atoms with van der Waals surface area (Å²) in [4.78, 5) is 10.5. The van der Waals surface area contributed by atoms with E-state index in [-0.39, 0.29) is 18.6 Å². The Balaban J connectivity index is 2.17. The van der Waals surface area contributed by atoms with E-state index < -0.39 is 21.6 Å². The summed E-state index contributed by atoms with van der Waals surface area (Å²) in [6.07, 6.45) is 1.16. The largest absolute Gasteiger partial charge is 0.481 e. The second kappa shape index (κ2) is 7.95. The maximum atomic E-state index is 13.9. The summed E-state index contributed by atoms with van der Waals surface area (Å²) in [7, 11) is -3.12. The van der Waals surface area contributed by atoms with Gasteiger partial charge in [-0.1, -0.05) is 30.0 Å². The average molecular weight is 360 g/mol. The van der Waals surface area contributed by atoms with Crippen molar-refractivity contribution in [3.8, 4) is 11.8 Å². The minimum absolute atomic E-state index is 0.0601. The summed E-state index contributed by atoms with van der Waals surface area (Å²) in [5, 5.41) is 8.64. The van der Waals surface area contributed by atoms with E-state index in [4.69, 9.17) is 5.11 Å². The molecule has 6 heteroatoms. The van der Waals surface area contributed by atoms with Crippen LogP contribution >= 0.6 is 0 Å². The van der Waals surface area contributed by atoms with E-state index in [0.29, 0.717) is 22.3 Å². The topological polar surface area (TPSA) is 71.4 Å². The molecule has 0 heterocycles. The number of carbonyl (C=O) groups is 1. The van der Waals surface area contributed by atoms with Crippen LogP contribution in [0, 0.1) is 17.7 Å². The molecule has 2 rings (SSSR count). The molecule has 0 aliphatic heterocycles. The van der Waals surface area contributed by atoms with Crippen molar-refractivity contribution in [1.82, 2.24) is 0 Å². The molecule has 0 aromatic heterocycles. The van der Waals surface area contributed by atoms with Gasteiger partial charge < -0.3 is 5.11 Å². The number of hydrogen-bond acceptors (Lipinski definition) is 3. The lowest BCUT2D eigenvalue weighted by Gasteiger charge is -2.02. The number of carboxylic acids is 1. The van der Waals surface area contributed by atoms with Crippen LogP contribution in [0.5, 0.6) is 0 Å². The predicted octanol–water partition coefficient (Wildman–Crippen LogP) is 2.79. The highest BCUT2D eigenvalue weighted by Crippen LogP contribution is 2.13. The molecule has 1 N–H and O–H groups in total. The molecule has 0 aliphatic rings. The molecule has 0 amide bonds. The van der Waals surface area contributed by atoms with Crippen LogP contribution in [-0.2, 0) is 26.8 Å². The summed E-state index contributed by atoms with van der Waals surface area (Å²) >= 11 is 0. The maximum Gasteiger partial charge on any atom is 0.303 e. The SMILES string of the molecule is CS(=O)(=O)Cc1cccc(C#Cc2ccc(CCC(=O)O)c(F)c2)c1. The summed E-state index contributed by atoms with van der Waals surface area (Å²) in [5.41, 5.74) is 2.08. The first kappa shape index (κ1) is 18.7. The fourth-order valence-electron chi connectivity index (χ4n) is 2.26. The third-order valence-electron chi connectivity index (χ3n) is 3.37. The zero-order valence-corrected chi connectivity index (χ0v) is 14.4. The Hall–Kier alpha value is -2.65. The van der Waals surface area contributed by atoms with Gasteiger partial charge in [0.15, 0.2) is 9.84 Å². The first-order valence-corrected chi connectivity index (χ1v) is 9.58. The molecule has 0 radical (unpaired) electrons. The van der Waals surface area contributed by atoms with Crippen LogP contribution in [0.1, 0.15) is 28.7 Å². The van der Waals surface area contributed by atoms with Crippen molar-refractivity contribution in [3.05, 3.63) is 70.5 Å². The molecule has 2 aromatic carbocycles. The molecular weight excluding hydrogens is 343 g/mol. The van der Waals surface area contributed by atoms with Gasteiger partial charge in [0.1, 0.15) is 5.82 Å². The maximum absolute atomic E-state index is 13.9. The molecule has 0 spiro atoms. The zero-order chi connectivity index (χ0) is 18.4. The number of aryl methyl sites for hydroxylation is 1. The minimum atomic E-state index is -3.12. The average Bonchev–Trinajstić information content (AvgIpc) is 2.50. The second-order valence-electron chi connectivity index (χ2n) is 5.72. The number of halogens is 1. The highest BCUT2D eigenvalue weighted by molar-refractivity contribution is 7.89. The van der Waals surface area contributed by atoms with E-state index in [1.165, 1.54) is 18.4 Å². The molecule has 25 heavy (non-hydrogen) atoms. The van der Waals surface area contributed by atoms with Gasteiger partial charge in [-0.25, -0.2) is 12.8 Å². The second-order valence-corrected chi connectivity index (χ2v) is 7.86. The van der Waals surface area contributed by atoms with Crippen LogP contribution in [0.3, 0.4) is 0 Å². The Labute approximate surface area is 146 Å². The van der Waals surface area contributed by atoms with Crippen molar-refractivity contribution in [2.24, 2.45) is 0 Å². The lowest BCUT2D eigenvalue weighted by atomic mass is 10.1. The van der Waals surface area contributed by atoms with Crippen LogP contribution in [0.2, 0.25) is 0 Å². The van der Waals surface area contributed by atoms with Gasteiger partial charge in [-0.2, -0.15) is 0 Å². The van der Waals surface area contributed by atoms with Gasteiger partial charge in [-0.15, -0.1) is 0 Å². The van der Waals surface area contributed by atoms with E-state index in [0.717, 1.165) is 0 Å². The number of sulfone groups is 1. The molecule has 0 aliphatic carbocycles. The normalized spacial score (nSPS) is 10.8. The molecule has 130 valence electrons. The molecular formula is C19H17FO4S. The number of hydrogen-bond donors (Lipinski definition) is 1. The Morgan fingerprint density at radius 2 is 1.80 bits per heavy atom. The van der Waals surface area contributed by atoms with Gasteiger partial charge >= 0.3 is 5.97 Å². The Bertz CT molecular complexity index is 953. The molecule has 0 fully saturated rings. The smallest absolute Gasteiger partial charge is 0.303 e. The van der Waals surface area contributed by atoms with Crippen molar-refractivity contribution in [3.63, 3.8) is 0 Å². The first-order valence-electron chi connectivity index (χ1n) is 7.52. The highest BCUT2D eigenvalue weighted by atomic mass is 32.2. The monoisotopic (exact) mass is 360 g/mol. The summed E-state index contributed by atoms with van der Waals surface area (Å²) < 4.78 is 36.6. The van der Waals surface area contributed by atoms with Gasteiger partial charge in [0, 0.05) is 23.8 Å². The fraction of sp³-hybridized carbons (Fsp3) is 0.211. The Morgan fingerprint density at radius 3 is 2.40 bits per heavy atom. The van der Waals surface area contributed by atoms with Crippen LogP contribution in [0.25, 0.3) is 0 Å². The van der Waals surface area contributed by atoms with E-state index in [9.17, 15) is 17.6 Å². The van der Waals surface area contributed by atoms with Crippen molar-refractivity contribution in [2.45, 2.75) is 18.6 Å². The number of carboxylic acid groups (broad SMARTS) is 1. The standard InChI is InChI=1S/C19H17FO4S/c1-25(23,24)13-16-4-2-3-14(11-16)5-6-15-7-8-17(18(20)12-15)9-10-19(21)22/h2-4,7-8,11-12H,9-10,13H2,1H3,(H,21,22). The summed E-state index contributed by atoms with van der Waals surface area (Å²) in [6.45, 7) is 0. The molecule has 0 bridgehead atoms. The number of benzene rings is 2. The van der Waals surface area contributed by atoms with Gasteiger partial charge in [0.25, 0.3) is 0 Å². The molecule has 0 atom stereocenters. The van der Waals surface area contributed by atoms with Gasteiger partial charge in [0.2, 0.25) is 0 Å². The van der Waals surface area contributed by atoms with Gasteiger partial charge in [-0.05, 0) is 41.8 Å². The van der Waals surface area contributed by atoms with Crippen LogP contribution < -0.4 is 0 Å². The van der Waals surface area contributed by atoms with E-state index in [1.54, 1.807) is 30.3 Å². The van der Waals surface area contributed by atoms with Crippen LogP contribution in [0.15, 0.2) is 42.5 Å². The van der Waals surface area contributed by atoms with E-state index in [1.807, 2.05) is 0 Å². The fourth-order valence-corrected chi connectivity index (χ4v) is 3.04. The minimum Gasteiger partial charge on any atom is -0.481 e. The Kier molecular flexibility index (Phi) is 5.94. The lowest BCUT2D eigenvalue weighted by Crippen LogP contribution is -2.00. The van der Waals surface area contributed by atoms with E-state index in [2.05, 4.69) is 11.8 Å². The number of rotatable bonds is 5. The lowest BCUT2D eigenvalue weighted by molar-refractivity contribution is -0.136. The molecule has 0 saturated heterocycles. The third-order valence-corrected chi connectivity index (χ3v) is 4.23. The van der Waals surface area contributed by atoms with Crippen molar-refractivity contribution in [2.75, 3.05) is 6.26 Å². The predicted molar refractivity (Wildman–Crippen MR) is 93.3 cm³/mol. The summed E-state index contributed by atoms with van der Waals surface area (Å²) in [6, 6.07) is 11.3.